The van der Waals surface area contributed by atoms with Gasteiger partial charge >= 0.3 is 0 Å². The number of hydrogen-bond donors (Lipinski definition) is 1. The molecule has 1 aromatic rings. The van der Waals surface area contributed by atoms with Crippen LogP contribution in [0.25, 0.3) is 0 Å². The molecule has 0 aromatic carbocycles. The highest BCUT2D eigenvalue weighted by molar-refractivity contribution is 4.96. The zero-order valence-corrected chi connectivity index (χ0v) is 6.86. The molecule has 1 aliphatic heterocycles. The van der Waals surface area contributed by atoms with Crippen LogP contribution in [0.4, 0.5) is 0 Å². The Bertz CT molecular complexity index is 270. The van der Waals surface area contributed by atoms with E-state index in [1.165, 1.54) is 0 Å². The van der Waals surface area contributed by atoms with E-state index in [1.54, 1.807) is 0 Å². The van der Waals surface area contributed by atoms with E-state index in [1.807, 2.05) is 4.57 Å². The Morgan fingerprint density at radius 3 is 3.17 bits per heavy atom. The summed E-state index contributed by atoms with van der Waals surface area (Å²) < 4.78 is 7.35. The van der Waals surface area contributed by atoms with Crippen molar-refractivity contribution in [3.63, 3.8) is 0 Å². The zero-order chi connectivity index (χ0) is 8.39. The van der Waals surface area contributed by atoms with Gasteiger partial charge in [-0.2, -0.15) is 0 Å². The van der Waals surface area contributed by atoms with Gasteiger partial charge in [0.05, 0.1) is 19.8 Å². The fourth-order valence-corrected chi connectivity index (χ4v) is 1.39. The van der Waals surface area contributed by atoms with Gasteiger partial charge in [-0.3, -0.25) is 0 Å². The minimum absolute atomic E-state index is 0.451. The minimum atomic E-state index is 0.451. The van der Waals surface area contributed by atoms with E-state index < -0.39 is 0 Å². The summed E-state index contributed by atoms with van der Waals surface area (Å²) in [5.74, 6) is 1.85. The number of aromatic nitrogens is 3. The zero-order valence-electron chi connectivity index (χ0n) is 6.86. The highest BCUT2D eigenvalue weighted by Gasteiger charge is 2.12. The molecule has 12 heavy (non-hydrogen) atoms. The van der Waals surface area contributed by atoms with Crippen molar-refractivity contribution in [2.24, 2.45) is 5.73 Å². The number of rotatable bonds is 1. The molecule has 1 aliphatic rings. The van der Waals surface area contributed by atoms with E-state index in [0.717, 1.165) is 37.8 Å². The molecule has 66 valence electrons. The van der Waals surface area contributed by atoms with E-state index in [0.29, 0.717) is 6.54 Å². The molecule has 0 saturated carbocycles. The first-order valence-electron chi connectivity index (χ1n) is 4.10. The number of fused-ring (bicyclic) bond motifs is 1. The van der Waals surface area contributed by atoms with Crippen molar-refractivity contribution in [3.05, 3.63) is 11.6 Å². The van der Waals surface area contributed by atoms with Crippen LogP contribution in [0, 0.1) is 0 Å². The van der Waals surface area contributed by atoms with Crippen LogP contribution < -0.4 is 5.73 Å². The van der Waals surface area contributed by atoms with Crippen molar-refractivity contribution >= 4 is 0 Å². The molecule has 5 heteroatoms. The van der Waals surface area contributed by atoms with E-state index in [2.05, 4.69) is 10.2 Å². The number of nitrogens with two attached hydrogens (primary N) is 1. The third kappa shape index (κ3) is 1.21. The Balaban J connectivity index is 2.32. The second-order valence-corrected chi connectivity index (χ2v) is 2.75. The number of nitrogens with zero attached hydrogens (tertiary/aromatic N) is 3. The van der Waals surface area contributed by atoms with Gasteiger partial charge in [0.25, 0.3) is 0 Å². The highest BCUT2D eigenvalue weighted by atomic mass is 16.5. The van der Waals surface area contributed by atoms with Crippen molar-refractivity contribution in [2.45, 2.75) is 19.5 Å². The second kappa shape index (κ2) is 3.20. The fraction of sp³-hybridized carbons (Fsp3) is 0.714. The van der Waals surface area contributed by atoms with Gasteiger partial charge in [-0.05, 0) is 0 Å². The summed E-state index contributed by atoms with van der Waals surface area (Å²) in [6.07, 6.45) is 0.840. The summed E-state index contributed by atoms with van der Waals surface area (Å²) >= 11 is 0. The lowest BCUT2D eigenvalue weighted by atomic mass is 10.4. The van der Waals surface area contributed by atoms with Crippen molar-refractivity contribution in [1.29, 1.82) is 0 Å². The average Bonchev–Trinajstić information content (AvgIpc) is 2.33. The molecule has 1 aromatic heterocycles. The Morgan fingerprint density at radius 1 is 1.42 bits per heavy atom. The maximum Gasteiger partial charge on any atom is 0.146 e. The molecule has 0 fully saturated rings. The predicted octanol–water partition coefficient (Wildman–Crippen LogP) is -0.691. The maximum atomic E-state index is 5.51. The first-order valence-corrected chi connectivity index (χ1v) is 4.10. The summed E-state index contributed by atoms with van der Waals surface area (Å²) in [5.41, 5.74) is 5.51. The van der Waals surface area contributed by atoms with Crippen molar-refractivity contribution < 1.29 is 4.74 Å². The SMILES string of the molecule is NCc1nnc2n1CCOCC2. The molecule has 0 bridgehead atoms. The molecule has 2 N–H and O–H groups in total. The van der Waals surface area contributed by atoms with Gasteiger partial charge in [-0.1, -0.05) is 0 Å². The molecule has 0 amide bonds. The Hall–Kier alpha value is -0.940. The monoisotopic (exact) mass is 168 g/mol. The Morgan fingerprint density at radius 2 is 2.33 bits per heavy atom. The molecule has 0 aliphatic carbocycles. The lowest BCUT2D eigenvalue weighted by molar-refractivity contribution is 0.139. The summed E-state index contributed by atoms with van der Waals surface area (Å²) in [4.78, 5) is 0. The first-order chi connectivity index (χ1) is 5.92. The van der Waals surface area contributed by atoms with Crippen molar-refractivity contribution in [2.75, 3.05) is 13.2 Å². The normalized spacial score (nSPS) is 17.1. The van der Waals surface area contributed by atoms with E-state index in [9.17, 15) is 0 Å². The first kappa shape index (κ1) is 7.70. The van der Waals surface area contributed by atoms with Gasteiger partial charge in [0.2, 0.25) is 0 Å². The number of ether oxygens (including phenoxy) is 1. The van der Waals surface area contributed by atoms with Crippen LogP contribution in [0.5, 0.6) is 0 Å². The molecule has 0 radical (unpaired) electrons. The fourth-order valence-electron chi connectivity index (χ4n) is 1.39. The largest absolute Gasteiger partial charge is 0.379 e. The topological polar surface area (TPSA) is 66.0 Å². The lowest BCUT2D eigenvalue weighted by Gasteiger charge is -2.02. The van der Waals surface area contributed by atoms with E-state index >= 15 is 0 Å². The van der Waals surface area contributed by atoms with Gasteiger partial charge in [-0.15, -0.1) is 10.2 Å². The molecule has 2 rings (SSSR count). The van der Waals surface area contributed by atoms with Gasteiger partial charge < -0.3 is 15.0 Å². The summed E-state index contributed by atoms with van der Waals surface area (Å²) in [5, 5.41) is 8.03. The van der Waals surface area contributed by atoms with Gasteiger partial charge in [-0.25, -0.2) is 0 Å². The third-order valence-electron chi connectivity index (χ3n) is 2.02. The van der Waals surface area contributed by atoms with E-state index in [4.69, 9.17) is 10.5 Å². The van der Waals surface area contributed by atoms with Gasteiger partial charge in [0.15, 0.2) is 0 Å². The predicted molar refractivity (Wildman–Crippen MR) is 42.4 cm³/mol. The Kier molecular flexibility index (Phi) is 2.05. The van der Waals surface area contributed by atoms with Crippen molar-refractivity contribution in [3.8, 4) is 0 Å². The van der Waals surface area contributed by atoms with Crippen LogP contribution in [0.2, 0.25) is 0 Å². The van der Waals surface area contributed by atoms with Gasteiger partial charge in [0, 0.05) is 13.0 Å². The van der Waals surface area contributed by atoms with Crippen LogP contribution in [0.3, 0.4) is 0 Å². The second-order valence-electron chi connectivity index (χ2n) is 2.75. The standard InChI is InChI=1S/C7H12N4O/c8-5-7-10-9-6-1-3-12-4-2-11(6)7/h1-5,8H2. The number of hydrogen-bond acceptors (Lipinski definition) is 4. The van der Waals surface area contributed by atoms with Crippen LogP contribution in [0.1, 0.15) is 11.6 Å². The molecule has 0 saturated heterocycles. The summed E-state index contributed by atoms with van der Waals surface area (Å²) in [7, 11) is 0. The van der Waals surface area contributed by atoms with E-state index in [-0.39, 0.29) is 0 Å². The van der Waals surface area contributed by atoms with Crippen LogP contribution in [0.15, 0.2) is 0 Å². The van der Waals surface area contributed by atoms with Crippen LogP contribution >= 0.6 is 0 Å². The summed E-state index contributed by atoms with van der Waals surface area (Å²) in [6, 6.07) is 0. The highest BCUT2D eigenvalue weighted by Crippen LogP contribution is 2.06. The maximum absolute atomic E-state index is 5.51. The smallest absolute Gasteiger partial charge is 0.146 e. The van der Waals surface area contributed by atoms with Crippen LogP contribution in [-0.4, -0.2) is 28.0 Å². The minimum Gasteiger partial charge on any atom is -0.379 e. The average molecular weight is 168 g/mol. The van der Waals surface area contributed by atoms with Gasteiger partial charge in [0.1, 0.15) is 11.6 Å². The molecule has 5 nitrogen and oxygen atoms in total. The molecule has 2 heterocycles. The quantitative estimate of drug-likeness (QED) is 0.602. The van der Waals surface area contributed by atoms with Crippen LogP contribution in [-0.2, 0) is 24.2 Å². The molecular weight excluding hydrogens is 156 g/mol. The molecule has 0 atom stereocenters. The lowest BCUT2D eigenvalue weighted by Crippen LogP contribution is -2.11. The third-order valence-corrected chi connectivity index (χ3v) is 2.02. The Labute approximate surface area is 70.5 Å². The summed E-state index contributed by atoms with van der Waals surface area (Å²) in [6.45, 7) is 2.75. The molecule has 0 spiro atoms. The van der Waals surface area contributed by atoms with Crippen molar-refractivity contribution in [1.82, 2.24) is 14.8 Å². The molecule has 0 unspecified atom stereocenters. The molecular formula is C7H12N4O.